The summed E-state index contributed by atoms with van der Waals surface area (Å²) in [6.07, 6.45) is 3.75. The molecule has 0 radical (unpaired) electrons. The molecule has 3 heteroatoms. The Hall–Kier alpha value is -2.39. The van der Waals surface area contributed by atoms with Crippen LogP contribution < -0.4 is 5.32 Å². The lowest BCUT2D eigenvalue weighted by Gasteiger charge is -2.11. The Morgan fingerprint density at radius 1 is 1.00 bits per heavy atom. The van der Waals surface area contributed by atoms with Crippen molar-refractivity contribution in [1.82, 2.24) is 10.2 Å². The van der Waals surface area contributed by atoms with E-state index in [0.29, 0.717) is 0 Å². The van der Waals surface area contributed by atoms with E-state index in [1.165, 1.54) is 5.56 Å². The van der Waals surface area contributed by atoms with E-state index in [0.717, 1.165) is 48.2 Å². The molecule has 124 valence electrons. The Labute approximate surface area is 144 Å². The maximum Gasteiger partial charge on any atom is 0.195 e. The van der Waals surface area contributed by atoms with E-state index in [1.807, 2.05) is 42.6 Å². The number of carbonyl (C=O) groups is 1. The van der Waals surface area contributed by atoms with Gasteiger partial charge in [0.05, 0.1) is 0 Å². The summed E-state index contributed by atoms with van der Waals surface area (Å²) in [7, 11) is 4.14. The van der Waals surface area contributed by atoms with Crippen LogP contribution in [-0.2, 0) is 6.42 Å². The van der Waals surface area contributed by atoms with Crippen LogP contribution in [0.25, 0.3) is 5.57 Å². The first-order valence-corrected chi connectivity index (χ1v) is 8.46. The molecule has 0 spiro atoms. The van der Waals surface area contributed by atoms with Gasteiger partial charge in [0.1, 0.15) is 0 Å². The predicted octanol–water partition coefficient (Wildman–Crippen LogP) is 3.36. The fourth-order valence-electron chi connectivity index (χ4n) is 3.12. The summed E-state index contributed by atoms with van der Waals surface area (Å²) >= 11 is 0. The first kappa shape index (κ1) is 16.5. The molecule has 0 bridgehead atoms. The molecule has 3 nitrogen and oxygen atoms in total. The number of carbonyl (C=O) groups excluding carboxylic acids is 1. The van der Waals surface area contributed by atoms with Crippen molar-refractivity contribution in [2.75, 3.05) is 27.2 Å². The minimum absolute atomic E-state index is 0.107. The summed E-state index contributed by atoms with van der Waals surface area (Å²) in [4.78, 5) is 15.2. The van der Waals surface area contributed by atoms with Crippen molar-refractivity contribution in [3.05, 3.63) is 77.0 Å². The topological polar surface area (TPSA) is 32.3 Å². The van der Waals surface area contributed by atoms with E-state index in [4.69, 9.17) is 0 Å². The van der Waals surface area contributed by atoms with Crippen LogP contribution in [0.3, 0.4) is 0 Å². The van der Waals surface area contributed by atoms with Crippen molar-refractivity contribution in [3.8, 4) is 0 Å². The maximum absolute atomic E-state index is 13.1. The zero-order valence-electron chi connectivity index (χ0n) is 14.4. The van der Waals surface area contributed by atoms with Crippen LogP contribution in [0.15, 0.2) is 54.7 Å². The molecule has 1 aliphatic rings. The minimum atomic E-state index is 0.107. The number of hydrogen-bond donors (Lipinski definition) is 1. The van der Waals surface area contributed by atoms with E-state index in [2.05, 4.69) is 36.4 Å². The van der Waals surface area contributed by atoms with Gasteiger partial charge in [-0.2, -0.15) is 0 Å². The molecule has 0 saturated heterocycles. The quantitative estimate of drug-likeness (QED) is 0.677. The second kappa shape index (κ2) is 7.45. The Kier molecular flexibility index (Phi) is 5.11. The van der Waals surface area contributed by atoms with E-state index >= 15 is 0 Å². The molecule has 0 aromatic heterocycles. The van der Waals surface area contributed by atoms with Gasteiger partial charge in [0.15, 0.2) is 5.78 Å². The van der Waals surface area contributed by atoms with E-state index in [1.54, 1.807) is 0 Å². The van der Waals surface area contributed by atoms with Crippen LogP contribution in [-0.4, -0.2) is 37.9 Å². The SMILES string of the molecule is CN(C)CCCN/C=C1/C(=O)c2ccccc2Cc2ccccc21. The molecule has 24 heavy (non-hydrogen) atoms. The van der Waals surface area contributed by atoms with Crippen molar-refractivity contribution in [1.29, 1.82) is 0 Å². The molecule has 0 fully saturated rings. The highest BCUT2D eigenvalue weighted by atomic mass is 16.1. The molecular weight excluding hydrogens is 296 g/mol. The summed E-state index contributed by atoms with van der Waals surface area (Å²) in [6, 6.07) is 16.1. The normalized spacial score (nSPS) is 15.1. The highest BCUT2D eigenvalue weighted by Crippen LogP contribution is 2.30. The molecule has 0 aliphatic heterocycles. The number of nitrogens with zero attached hydrogens (tertiary/aromatic N) is 1. The molecule has 2 aromatic rings. The molecule has 0 atom stereocenters. The lowest BCUT2D eigenvalue weighted by atomic mass is 9.97. The third-order valence-electron chi connectivity index (χ3n) is 4.37. The number of benzene rings is 2. The smallest absolute Gasteiger partial charge is 0.195 e. The van der Waals surface area contributed by atoms with Crippen LogP contribution in [0, 0.1) is 0 Å². The van der Waals surface area contributed by atoms with Crippen LogP contribution in [0.2, 0.25) is 0 Å². The predicted molar refractivity (Wildman–Crippen MR) is 99.2 cm³/mol. The average Bonchev–Trinajstić information content (AvgIpc) is 2.69. The van der Waals surface area contributed by atoms with Gasteiger partial charge >= 0.3 is 0 Å². The molecule has 2 aromatic carbocycles. The monoisotopic (exact) mass is 320 g/mol. The van der Waals surface area contributed by atoms with Crippen molar-refractivity contribution >= 4 is 11.4 Å². The molecule has 0 saturated carbocycles. The summed E-state index contributed by atoms with van der Waals surface area (Å²) < 4.78 is 0. The van der Waals surface area contributed by atoms with Crippen molar-refractivity contribution in [3.63, 3.8) is 0 Å². The minimum Gasteiger partial charge on any atom is -0.390 e. The Bertz CT molecular complexity index is 762. The highest BCUT2D eigenvalue weighted by molar-refractivity contribution is 6.30. The van der Waals surface area contributed by atoms with Crippen LogP contribution in [0.5, 0.6) is 0 Å². The fraction of sp³-hybridized carbons (Fsp3) is 0.286. The van der Waals surface area contributed by atoms with Gasteiger partial charge < -0.3 is 10.2 Å². The van der Waals surface area contributed by atoms with E-state index < -0.39 is 0 Å². The first-order valence-electron chi connectivity index (χ1n) is 8.46. The number of nitrogens with one attached hydrogen (secondary N) is 1. The molecule has 0 amide bonds. The Morgan fingerprint density at radius 3 is 2.33 bits per heavy atom. The second-order valence-electron chi connectivity index (χ2n) is 6.49. The number of allylic oxidation sites excluding steroid dienone is 1. The molecule has 3 rings (SSSR count). The molecule has 1 N–H and O–H groups in total. The number of rotatable bonds is 5. The van der Waals surface area contributed by atoms with Gasteiger partial charge in [-0.15, -0.1) is 0 Å². The fourth-order valence-corrected chi connectivity index (χ4v) is 3.12. The van der Waals surface area contributed by atoms with E-state index in [-0.39, 0.29) is 5.78 Å². The van der Waals surface area contributed by atoms with Gasteiger partial charge in [0.25, 0.3) is 0 Å². The van der Waals surface area contributed by atoms with Gasteiger partial charge in [-0.1, -0.05) is 48.5 Å². The van der Waals surface area contributed by atoms with Gasteiger partial charge in [-0.05, 0) is 50.2 Å². The molecule has 1 aliphatic carbocycles. The summed E-state index contributed by atoms with van der Waals surface area (Å²) in [5.41, 5.74) is 4.93. The lowest BCUT2D eigenvalue weighted by Crippen LogP contribution is -2.19. The van der Waals surface area contributed by atoms with E-state index in [9.17, 15) is 4.79 Å². The zero-order valence-corrected chi connectivity index (χ0v) is 14.4. The third kappa shape index (κ3) is 3.57. The largest absolute Gasteiger partial charge is 0.390 e. The van der Waals surface area contributed by atoms with Crippen LogP contribution in [0.4, 0.5) is 0 Å². The standard InChI is InChI=1S/C21H24N2O/c1-23(2)13-7-12-22-15-20-18-10-5-3-8-16(18)14-17-9-4-6-11-19(17)21(20)24/h3-6,8-11,15,22H,7,12-14H2,1-2H3/b20-15+. The number of fused-ring (bicyclic) bond motifs is 2. The molecule has 0 unspecified atom stereocenters. The summed E-state index contributed by atoms with van der Waals surface area (Å²) in [5, 5.41) is 3.33. The lowest BCUT2D eigenvalue weighted by molar-refractivity contribution is 0.105. The highest BCUT2D eigenvalue weighted by Gasteiger charge is 2.23. The van der Waals surface area contributed by atoms with Crippen LogP contribution >= 0.6 is 0 Å². The Balaban J connectivity index is 1.90. The number of Topliss-reactive ketones (excluding diaryl/α,β-unsaturated/α-hetero) is 1. The van der Waals surface area contributed by atoms with Gasteiger partial charge in [-0.25, -0.2) is 0 Å². The summed E-state index contributed by atoms with van der Waals surface area (Å²) in [5.74, 6) is 0.107. The third-order valence-corrected chi connectivity index (χ3v) is 4.37. The van der Waals surface area contributed by atoms with Crippen molar-refractivity contribution < 1.29 is 4.79 Å². The zero-order chi connectivity index (χ0) is 16.9. The maximum atomic E-state index is 13.1. The average molecular weight is 320 g/mol. The first-order chi connectivity index (χ1) is 11.7. The van der Waals surface area contributed by atoms with Gasteiger partial charge in [0.2, 0.25) is 0 Å². The molecular formula is C21H24N2O. The van der Waals surface area contributed by atoms with Crippen LogP contribution in [0.1, 0.15) is 33.5 Å². The van der Waals surface area contributed by atoms with Crippen molar-refractivity contribution in [2.24, 2.45) is 0 Å². The number of hydrogen-bond acceptors (Lipinski definition) is 3. The van der Waals surface area contributed by atoms with Gasteiger partial charge in [0, 0.05) is 23.9 Å². The van der Waals surface area contributed by atoms with Crippen molar-refractivity contribution in [2.45, 2.75) is 12.8 Å². The number of ketones is 1. The molecule has 0 heterocycles. The Morgan fingerprint density at radius 2 is 1.62 bits per heavy atom. The van der Waals surface area contributed by atoms with Gasteiger partial charge in [-0.3, -0.25) is 4.79 Å². The summed E-state index contributed by atoms with van der Waals surface area (Å²) in [6.45, 7) is 1.89. The second-order valence-corrected chi connectivity index (χ2v) is 6.49.